The van der Waals surface area contributed by atoms with Crippen LogP contribution in [0.4, 0.5) is 5.69 Å². The maximum absolute atomic E-state index is 10.7. The van der Waals surface area contributed by atoms with Crippen LogP contribution < -0.4 is 0 Å². The molecule has 0 fully saturated rings. The maximum Gasteiger partial charge on any atom is 0.285 e. The number of nitro groups is 1. The molecule has 0 radical (unpaired) electrons. The third kappa shape index (κ3) is 1.76. The van der Waals surface area contributed by atoms with Crippen LogP contribution in [0.15, 0.2) is 16.6 Å². The fourth-order valence-corrected chi connectivity index (χ4v) is 1.86. The summed E-state index contributed by atoms with van der Waals surface area (Å²) >= 11 is 3.15. The molecule has 0 atom stereocenters. The molecule has 1 heterocycles. The van der Waals surface area contributed by atoms with Crippen LogP contribution in [0.1, 0.15) is 11.4 Å². The van der Waals surface area contributed by atoms with E-state index in [1.807, 2.05) is 13.8 Å². The van der Waals surface area contributed by atoms with Crippen molar-refractivity contribution in [3.63, 3.8) is 0 Å². The number of hydrogen-bond acceptors (Lipinski definition) is 4. The number of halogens is 1. The molecule has 2 rings (SSSR count). The lowest BCUT2D eigenvalue weighted by molar-refractivity contribution is -0.385. The topological polar surface area (TPSA) is 68.9 Å². The quantitative estimate of drug-likeness (QED) is 0.595. The zero-order valence-electron chi connectivity index (χ0n) is 8.69. The van der Waals surface area contributed by atoms with E-state index >= 15 is 0 Å². The van der Waals surface area contributed by atoms with Gasteiger partial charge in [0.15, 0.2) is 0 Å². The summed E-state index contributed by atoms with van der Waals surface area (Å²) in [5.41, 5.74) is 2.81. The first-order valence-corrected chi connectivity index (χ1v) is 5.37. The number of nitrogens with zero attached hydrogens (tertiary/aromatic N) is 3. The van der Waals surface area contributed by atoms with Crippen LogP contribution in [0.5, 0.6) is 0 Å². The predicted octanol–water partition coefficient (Wildman–Crippen LogP) is 2.92. The highest BCUT2D eigenvalue weighted by atomic mass is 79.9. The standard InChI is InChI=1S/C10H8BrN3O2/c1-5-6(2)13-9-4-10(14(15)16)7(11)3-8(9)12-5/h3-4H,1-2H3. The van der Waals surface area contributed by atoms with Gasteiger partial charge in [0.05, 0.1) is 31.8 Å². The molecule has 0 saturated heterocycles. The summed E-state index contributed by atoms with van der Waals surface area (Å²) in [5.74, 6) is 0. The molecule has 6 heteroatoms. The normalized spacial score (nSPS) is 10.7. The zero-order valence-corrected chi connectivity index (χ0v) is 10.3. The van der Waals surface area contributed by atoms with Gasteiger partial charge in [-0.3, -0.25) is 10.1 Å². The smallest absolute Gasteiger partial charge is 0.258 e. The van der Waals surface area contributed by atoms with E-state index in [9.17, 15) is 10.1 Å². The van der Waals surface area contributed by atoms with E-state index in [1.165, 1.54) is 6.07 Å². The highest BCUT2D eigenvalue weighted by molar-refractivity contribution is 9.10. The number of nitro benzene ring substituents is 1. The van der Waals surface area contributed by atoms with Gasteiger partial charge in [0.25, 0.3) is 5.69 Å². The van der Waals surface area contributed by atoms with Crippen LogP contribution in [0.2, 0.25) is 0 Å². The van der Waals surface area contributed by atoms with Crippen molar-refractivity contribution in [1.29, 1.82) is 0 Å². The van der Waals surface area contributed by atoms with E-state index in [0.717, 1.165) is 11.4 Å². The predicted molar refractivity (Wildman–Crippen MR) is 63.4 cm³/mol. The van der Waals surface area contributed by atoms with Gasteiger partial charge < -0.3 is 0 Å². The summed E-state index contributed by atoms with van der Waals surface area (Å²) < 4.78 is 0.419. The molecule has 0 aliphatic heterocycles. The number of aromatic nitrogens is 2. The van der Waals surface area contributed by atoms with Crippen molar-refractivity contribution in [2.75, 3.05) is 0 Å². The molecule has 1 aromatic carbocycles. The summed E-state index contributed by atoms with van der Waals surface area (Å²) in [6, 6.07) is 3.05. The van der Waals surface area contributed by atoms with Gasteiger partial charge in [-0.15, -0.1) is 0 Å². The average Bonchev–Trinajstić information content (AvgIpc) is 2.19. The second-order valence-corrected chi connectivity index (χ2v) is 4.30. The number of rotatable bonds is 1. The Bertz CT molecular complexity index is 598. The minimum absolute atomic E-state index is 0.00468. The van der Waals surface area contributed by atoms with Crippen LogP contribution in [-0.4, -0.2) is 14.9 Å². The second-order valence-electron chi connectivity index (χ2n) is 3.44. The Morgan fingerprint density at radius 2 is 1.69 bits per heavy atom. The lowest BCUT2D eigenvalue weighted by Gasteiger charge is -2.03. The Kier molecular flexibility index (Phi) is 2.59. The Balaban J connectivity index is 2.79. The van der Waals surface area contributed by atoms with E-state index in [0.29, 0.717) is 15.5 Å². The number of fused-ring (bicyclic) bond motifs is 1. The molecule has 0 spiro atoms. The average molecular weight is 282 g/mol. The van der Waals surface area contributed by atoms with Gasteiger partial charge in [0.1, 0.15) is 0 Å². The Hall–Kier alpha value is -1.56. The van der Waals surface area contributed by atoms with Crippen molar-refractivity contribution in [3.05, 3.63) is 38.1 Å². The van der Waals surface area contributed by atoms with E-state index in [-0.39, 0.29) is 5.69 Å². The molecule has 0 amide bonds. The fourth-order valence-electron chi connectivity index (χ4n) is 1.38. The fraction of sp³-hybridized carbons (Fsp3) is 0.200. The van der Waals surface area contributed by atoms with Gasteiger partial charge in [-0.05, 0) is 35.8 Å². The molecule has 82 valence electrons. The van der Waals surface area contributed by atoms with Crippen LogP contribution in [0.25, 0.3) is 11.0 Å². The van der Waals surface area contributed by atoms with E-state index in [2.05, 4.69) is 25.9 Å². The molecule has 1 aromatic heterocycles. The summed E-state index contributed by atoms with van der Waals surface area (Å²) in [6.07, 6.45) is 0. The molecule has 5 nitrogen and oxygen atoms in total. The highest BCUT2D eigenvalue weighted by Gasteiger charge is 2.14. The summed E-state index contributed by atoms with van der Waals surface area (Å²) in [4.78, 5) is 18.9. The van der Waals surface area contributed by atoms with Crippen LogP contribution in [0.3, 0.4) is 0 Å². The number of benzene rings is 1. The minimum Gasteiger partial charge on any atom is -0.258 e. The van der Waals surface area contributed by atoms with Crippen molar-refractivity contribution in [2.45, 2.75) is 13.8 Å². The summed E-state index contributed by atoms with van der Waals surface area (Å²) in [5, 5.41) is 10.7. The zero-order chi connectivity index (χ0) is 11.9. The van der Waals surface area contributed by atoms with Crippen molar-refractivity contribution in [1.82, 2.24) is 9.97 Å². The van der Waals surface area contributed by atoms with Crippen LogP contribution >= 0.6 is 15.9 Å². The third-order valence-corrected chi connectivity index (χ3v) is 2.98. The Morgan fingerprint density at radius 1 is 1.19 bits per heavy atom. The van der Waals surface area contributed by atoms with Crippen molar-refractivity contribution < 1.29 is 4.92 Å². The van der Waals surface area contributed by atoms with Gasteiger partial charge in [-0.1, -0.05) is 0 Å². The molecule has 0 unspecified atom stereocenters. The van der Waals surface area contributed by atoms with Crippen molar-refractivity contribution >= 4 is 32.7 Å². The molecular weight excluding hydrogens is 274 g/mol. The van der Waals surface area contributed by atoms with Crippen molar-refractivity contribution in [3.8, 4) is 0 Å². The van der Waals surface area contributed by atoms with E-state index in [1.54, 1.807) is 6.07 Å². The van der Waals surface area contributed by atoms with Gasteiger partial charge >= 0.3 is 0 Å². The molecule has 16 heavy (non-hydrogen) atoms. The number of aryl methyl sites for hydroxylation is 2. The molecule has 0 bridgehead atoms. The SMILES string of the molecule is Cc1nc2cc(Br)c([N+](=O)[O-])cc2nc1C. The van der Waals surface area contributed by atoms with Gasteiger partial charge in [-0.25, -0.2) is 9.97 Å². The Labute approximate surface area is 99.8 Å². The molecule has 0 N–H and O–H groups in total. The first kappa shape index (κ1) is 10.9. The van der Waals surface area contributed by atoms with E-state index < -0.39 is 4.92 Å². The molecule has 2 aromatic rings. The summed E-state index contributed by atoms with van der Waals surface area (Å²) in [6.45, 7) is 3.69. The largest absolute Gasteiger partial charge is 0.285 e. The van der Waals surface area contributed by atoms with Crippen LogP contribution in [-0.2, 0) is 0 Å². The molecular formula is C10H8BrN3O2. The summed E-state index contributed by atoms with van der Waals surface area (Å²) in [7, 11) is 0. The van der Waals surface area contributed by atoms with Gasteiger partial charge in [0.2, 0.25) is 0 Å². The highest BCUT2D eigenvalue weighted by Crippen LogP contribution is 2.28. The second kappa shape index (κ2) is 3.79. The number of hydrogen-bond donors (Lipinski definition) is 0. The van der Waals surface area contributed by atoms with Gasteiger partial charge in [-0.2, -0.15) is 0 Å². The molecule has 0 aliphatic rings. The van der Waals surface area contributed by atoms with Crippen molar-refractivity contribution in [2.24, 2.45) is 0 Å². The minimum atomic E-state index is -0.444. The molecule has 0 saturated carbocycles. The maximum atomic E-state index is 10.7. The van der Waals surface area contributed by atoms with Gasteiger partial charge in [0, 0.05) is 6.07 Å². The Morgan fingerprint density at radius 3 is 2.19 bits per heavy atom. The van der Waals surface area contributed by atoms with E-state index in [4.69, 9.17) is 0 Å². The lowest BCUT2D eigenvalue weighted by atomic mass is 10.2. The first-order chi connectivity index (χ1) is 7.49. The monoisotopic (exact) mass is 281 g/mol. The lowest BCUT2D eigenvalue weighted by Crippen LogP contribution is -1.96. The molecule has 0 aliphatic carbocycles. The first-order valence-electron chi connectivity index (χ1n) is 4.58. The third-order valence-electron chi connectivity index (χ3n) is 2.34. The van der Waals surface area contributed by atoms with Crippen LogP contribution in [0, 0.1) is 24.0 Å².